The predicted molar refractivity (Wildman–Crippen MR) is 107 cm³/mol. The van der Waals surface area contributed by atoms with Crippen LogP contribution in [-0.4, -0.2) is 67.5 Å². The van der Waals surface area contributed by atoms with Crippen molar-refractivity contribution in [1.82, 2.24) is 15.8 Å². The molecule has 162 valence electrons. The number of carbonyl (C=O) groups excluding carboxylic acids is 1. The Morgan fingerprint density at radius 1 is 1.00 bits per heavy atom. The summed E-state index contributed by atoms with van der Waals surface area (Å²) in [4.78, 5) is 23.5. The molecule has 0 spiro atoms. The van der Waals surface area contributed by atoms with E-state index in [1.54, 1.807) is 27.7 Å². The molecule has 1 amide bonds. The van der Waals surface area contributed by atoms with Gasteiger partial charge in [0.05, 0.1) is 28.5 Å². The fourth-order valence-corrected chi connectivity index (χ4v) is 2.18. The van der Waals surface area contributed by atoms with Gasteiger partial charge in [-0.05, 0) is 54.9 Å². The first-order valence-corrected chi connectivity index (χ1v) is 9.23. The number of nitrogens with zero attached hydrogens (tertiary/aromatic N) is 3. The number of hydrogen-bond donors (Lipinski definition) is 5. The van der Waals surface area contributed by atoms with Gasteiger partial charge in [0.2, 0.25) is 5.91 Å². The van der Waals surface area contributed by atoms with E-state index in [2.05, 4.69) is 21.1 Å². The lowest BCUT2D eigenvalue weighted by molar-refractivity contribution is -0.139. The standard InChI is InChI=1S/C18H35N5O5/c1-12(11-19-17(4,5)13(2)20-27)23(15(24)9-8-10-16(25)26)22-18(6,7)14(3)21-28/h12,19,22,27-28H,8-11H2,1-7H3,(H,25,26). The molecule has 0 aromatic carbocycles. The van der Waals surface area contributed by atoms with Crippen LogP contribution in [-0.2, 0) is 9.59 Å². The molecule has 0 bridgehead atoms. The Kier molecular flexibility index (Phi) is 10.1. The molecule has 0 heterocycles. The van der Waals surface area contributed by atoms with Crippen molar-refractivity contribution < 1.29 is 25.1 Å². The summed E-state index contributed by atoms with van der Waals surface area (Å²) in [5.74, 6) is -1.22. The average molecular weight is 402 g/mol. The normalized spacial score (nSPS) is 14.7. The maximum Gasteiger partial charge on any atom is 0.303 e. The fourth-order valence-electron chi connectivity index (χ4n) is 2.18. The SMILES string of the molecule is CC(=NO)C(C)(C)NCC(C)N(NC(C)(C)C(C)=NO)C(=O)CCCC(=O)O. The molecule has 10 nitrogen and oxygen atoms in total. The van der Waals surface area contributed by atoms with Crippen molar-refractivity contribution in [3.63, 3.8) is 0 Å². The van der Waals surface area contributed by atoms with Crippen LogP contribution < -0.4 is 10.7 Å². The van der Waals surface area contributed by atoms with Crippen molar-refractivity contribution in [3.05, 3.63) is 0 Å². The van der Waals surface area contributed by atoms with Crippen molar-refractivity contribution in [1.29, 1.82) is 0 Å². The third-order valence-electron chi connectivity index (χ3n) is 4.84. The molecule has 0 aromatic rings. The van der Waals surface area contributed by atoms with E-state index in [-0.39, 0.29) is 31.2 Å². The maximum absolute atomic E-state index is 12.7. The smallest absolute Gasteiger partial charge is 0.303 e. The van der Waals surface area contributed by atoms with Crippen LogP contribution in [0.2, 0.25) is 0 Å². The molecular weight excluding hydrogens is 366 g/mol. The number of carboxylic acid groups (broad SMARTS) is 1. The van der Waals surface area contributed by atoms with Crippen molar-refractivity contribution in [2.24, 2.45) is 10.3 Å². The average Bonchev–Trinajstić information content (AvgIpc) is 2.62. The third-order valence-corrected chi connectivity index (χ3v) is 4.84. The number of oxime groups is 2. The van der Waals surface area contributed by atoms with E-state index in [1.165, 1.54) is 5.01 Å². The molecule has 0 aromatic heterocycles. The molecule has 0 saturated carbocycles. The minimum absolute atomic E-state index is 0.0650. The quantitative estimate of drug-likeness (QED) is 0.190. The Balaban J connectivity index is 5.35. The van der Waals surface area contributed by atoms with E-state index >= 15 is 0 Å². The van der Waals surface area contributed by atoms with E-state index in [0.717, 1.165) is 0 Å². The van der Waals surface area contributed by atoms with Gasteiger partial charge in [-0.2, -0.15) is 0 Å². The van der Waals surface area contributed by atoms with Crippen molar-refractivity contribution >= 4 is 23.3 Å². The zero-order valence-corrected chi connectivity index (χ0v) is 17.9. The molecule has 0 aliphatic heterocycles. The molecule has 0 saturated heterocycles. The number of nitrogens with one attached hydrogen (secondary N) is 2. The molecule has 0 radical (unpaired) electrons. The van der Waals surface area contributed by atoms with Crippen LogP contribution in [0.3, 0.4) is 0 Å². The van der Waals surface area contributed by atoms with Crippen LogP contribution >= 0.6 is 0 Å². The highest BCUT2D eigenvalue weighted by Gasteiger charge is 2.31. The van der Waals surface area contributed by atoms with E-state index in [1.807, 2.05) is 20.8 Å². The van der Waals surface area contributed by atoms with Crippen molar-refractivity contribution in [2.75, 3.05) is 6.54 Å². The van der Waals surface area contributed by atoms with Gasteiger partial charge in [0.15, 0.2) is 0 Å². The summed E-state index contributed by atoms with van der Waals surface area (Å²) in [5, 5.41) is 38.0. The van der Waals surface area contributed by atoms with Gasteiger partial charge in [-0.1, -0.05) is 10.3 Å². The van der Waals surface area contributed by atoms with Crippen LogP contribution in [0.15, 0.2) is 10.3 Å². The summed E-state index contributed by atoms with van der Waals surface area (Å²) in [6.07, 6.45) is 0.198. The molecule has 0 rings (SSSR count). The number of rotatable bonds is 12. The second-order valence-corrected chi connectivity index (χ2v) is 7.97. The molecule has 0 aliphatic carbocycles. The lowest BCUT2D eigenvalue weighted by Crippen LogP contribution is -2.62. The third kappa shape index (κ3) is 8.22. The van der Waals surface area contributed by atoms with Gasteiger partial charge in [-0.3, -0.25) is 14.6 Å². The number of aliphatic carboxylic acids is 1. The van der Waals surface area contributed by atoms with Crippen LogP contribution in [0.1, 0.15) is 67.7 Å². The summed E-state index contributed by atoms with van der Waals surface area (Å²) >= 11 is 0. The number of hydrogen-bond acceptors (Lipinski definition) is 8. The van der Waals surface area contributed by atoms with Gasteiger partial charge in [-0.25, -0.2) is 5.43 Å². The lowest BCUT2D eigenvalue weighted by Gasteiger charge is -2.38. The Morgan fingerprint density at radius 2 is 1.50 bits per heavy atom. The fraction of sp³-hybridized carbons (Fsp3) is 0.778. The van der Waals surface area contributed by atoms with Gasteiger partial charge >= 0.3 is 5.97 Å². The molecular formula is C18H35N5O5. The van der Waals surface area contributed by atoms with E-state index < -0.39 is 17.0 Å². The van der Waals surface area contributed by atoms with Gasteiger partial charge in [0, 0.05) is 19.4 Å². The summed E-state index contributed by atoms with van der Waals surface area (Å²) in [5.41, 5.74) is 2.59. The van der Waals surface area contributed by atoms with Gasteiger partial charge in [0.1, 0.15) is 0 Å². The van der Waals surface area contributed by atoms with E-state index in [9.17, 15) is 9.59 Å². The molecule has 0 fully saturated rings. The van der Waals surface area contributed by atoms with Gasteiger partial charge < -0.3 is 20.8 Å². The topological polar surface area (TPSA) is 147 Å². The summed E-state index contributed by atoms with van der Waals surface area (Å²) in [7, 11) is 0. The van der Waals surface area contributed by atoms with E-state index in [4.69, 9.17) is 15.5 Å². The zero-order chi connectivity index (χ0) is 22.1. The number of carboxylic acids is 1. The Labute approximate surface area is 166 Å². The molecule has 10 heteroatoms. The van der Waals surface area contributed by atoms with Gasteiger partial charge in [-0.15, -0.1) is 0 Å². The Morgan fingerprint density at radius 3 is 1.96 bits per heavy atom. The van der Waals surface area contributed by atoms with Crippen LogP contribution in [0.4, 0.5) is 0 Å². The molecule has 5 N–H and O–H groups in total. The monoisotopic (exact) mass is 401 g/mol. The zero-order valence-electron chi connectivity index (χ0n) is 17.9. The van der Waals surface area contributed by atoms with Crippen LogP contribution in [0.25, 0.3) is 0 Å². The minimum atomic E-state index is -0.953. The van der Waals surface area contributed by atoms with Crippen molar-refractivity contribution in [2.45, 2.75) is 84.8 Å². The largest absolute Gasteiger partial charge is 0.481 e. The van der Waals surface area contributed by atoms with Crippen LogP contribution in [0.5, 0.6) is 0 Å². The molecule has 1 atom stereocenters. The van der Waals surface area contributed by atoms with Crippen LogP contribution in [0, 0.1) is 0 Å². The molecule has 0 aliphatic rings. The maximum atomic E-state index is 12.7. The second kappa shape index (κ2) is 11.0. The Hall–Kier alpha value is -2.20. The van der Waals surface area contributed by atoms with Gasteiger partial charge in [0.25, 0.3) is 0 Å². The first-order valence-electron chi connectivity index (χ1n) is 9.23. The molecule has 1 unspecified atom stereocenters. The molecule has 28 heavy (non-hydrogen) atoms. The minimum Gasteiger partial charge on any atom is -0.481 e. The first-order chi connectivity index (χ1) is 12.8. The summed E-state index contributed by atoms with van der Waals surface area (Å²) in [6.45, 7) is 12.8. The highest BCUT2D eigenvalue weighted by molar-refractivity contribution is 5.91. The number of hydrazine groups is 1. The lowest BCUT2D eigenvalue weighted by atomic mass is 9.99. The summed E-state index contributed by atoms with van der Waals surface area (Å²) < 4.78 is 0. The Bertz CT molecular complexity index is 601. The predicted octanol–water partition coefficient (Wildman–Crippen LogP) is 1.81. The second-order valence-electron chi connectivity index (χ2n) is 7.97. The number of amides is 1. The van der Waals surface area contributed by atoms with Crippen molar-refractivity contribution in [3.8, 4) is 0 Å². The number of carbonyl (C=O) groups is 2. The van der Waals surface area contributed by atoms with E-state index in [0.29, 0.717) is 18.0 Å². The first kappa shape index (κ1) is 25.8. The highest BCUT2D eigenvalue weighted by atomic mass is 16.4. The highest BCUT2D eigenvalue weighted by Crippen LogP contribution is 2.13. The summed E-state index contributed by atoms with van der Waals surface area (Å²) in [6, 6.07) is -0.325.